The van der Waals surface area contributed by atoms with E-state index >= 15 is 0 Å². The molecule has 0 aromatic heterocycles. The first-order valence-electron chi connectivity index (χ1n) is 4.87. The highest BCUT2D eigenvalue weighted by molar-refractivity contribution is 5.91. The minimum absolute atomic E-state index is 0.114. The van der Waals surface area contributed by atoms with Crippen LogP contribution in [0.15, 0.2) is 0 Å². The molecule has 1 rings (SSSR count). The van der Waals surface area contributed by atoms with Gasteiger partial charge in [-0.15, -0.1) is 0 Å². The van der Waals surface area contributed by atoms with E-state index in [1.807, 2.05) is 0 Å². The van der Waals surface area contributed by atoms with Crippen LogP contribution >= 0.6 is 0 Å². The third-order valence-corrected chi connectivity index (χ3v) is 2.33. The van der Waals surface area contributed by atoms with Gasteiger partial charge in [-0.05, 0) is 6.42 Å². The van der Waals surface area contributed by atoms with Gasteiger partial charge in [-0.1, -0.05) is 0 Å². The fourth-order valence-electron chi connectivity index (χ4n) is 1.40. The molecule has 2 atom stereocenters. The Morgan fingerprint density at radius 3 is 2.81 bits per heavy atom. The molecule has 1 unspecified atom stereocenters. The van der Waals surface area contributed by atoms with Crippen LogP contribution in [0.2, 0.25) is 0 Å². The Kier molecular flexibility index (Phi) is 4.24. The van der Waals surface area contributed by atoms with E-state index in [2.05, 4.69) is 15.4 Å². The summed E-state index contributed by atoms with van der Waals surface area (Å²) in [6, 6.07) is -0.557. The summed E-state index contributed by atoms with van der Waals surface area (Å²) in [4.78, 5) is 32.9. The quantitative estimate of drug-likeness (QED) is 0.532. The fourth-order valence-corrected chi connectivity index (χ4v) is 1.40. The predicted molar refractivity (Wildman–Crippen MR) is 52.6 cm³/mol. The summed E-state index contributed by atoms with van der Waals surface area (Å²) in [5, 5.41) is 13.6. The zero-order chi connectivity index (χ0) is 12.1. The maximum absolute atomic E-state index is 11.5. The summed E-state index contributed by atoms with van der Waals surface area (Å²) < 4.78 is 4.64. The normalized spacial score (nSPS) is 21.3. The summed E-state index contributed by atoms with van der Waals surface area (Å²) in [7, 11) is 1.25. The van der Waals surface area contributed by atoms with Crippen molar-refractivity contribution in [1.82, 2.24) is 10.6 Å². The highest BCUT2D eigenvalue weighted by Gasteiger charge is 2.28. The van der Waals surface area contributed by atoms with Crippen molar-refractivity contribution in [2.24, 2.45) is 0 Å². The van der Waals surface area contributed by atoms with Gasteiger partial charge in [0.05, 0.1) is 6.54 Å². The van der Waals surface area contributed by atoms with E-state index in [9.17, 15) is 14.4 Å². The van der Waals surface area contributed by atoms with Crippen molar-refractivity contribution in [1.29, 1.82) is 0 Å². The van der Waals surface area contributed by atoms with Crippen molar-refractivity contribution in [3.8, 4) is 0 Å². The molecule has 16 heavy (non-hydrogen) atoms. The van der Waals surface area contributed by atoms with Crippen molar-refractivity contribution in [2.45, 2.75) is 25.0 Å². The third-order valence-electron chi connectivity index (χ3n) is 2.33. The average molecular weight is 230 g/mol. The molecule has 7 nitrogen and oxygen atoms in total. The van der Waals surface area contributed by atoms with Crippen LogP contribution in [0, 0.1) is 0 Å². The molecule has 0 spiro atoms. The van der Waals surface area contributed by atoms with Crippen molar-refractivity contribution >= 4 is 17.8 Å². The molecule has 1 saturated heterocycles. The molecule has 0 radical (unpaired) electrons. The van der Waals surface area contributed by atoms with Gasteiger partial charge in [0.1, 0.15) is 6.04 Å². The highest BCUT2D eigenvalue weighted by Crippen LogP contribution is 2.06. The molecular weight excluding hydrogens is 216 g/mol. The molecule has 0 aromatic carbocycles. The van der Waals surface area contributed by atoms with E-state index in [0.717, 1.165) is 0 Å². The number of carbonyl (C=O) groups is 3. The second kappa shape index (κ2) is 5.45. The Labute approximate surface area is 92.1 Å². The Morgan fingerprint density at radius 2 is 2.38 bits per heavy atom. The molecule has 90 valence electrons. The average Bonchev–Trinajstić information content (AvgIpc) is 2.65. The number of rotatable bonds is 5. The molecule has 0 aliphatic carbocycles. The van der Waals surface area contributed by atoms with E-state index < -0.39 is 18.1 Å². The lowest BCUT2D eigenvalue weighted by Gasteiger charge is -2.14. The Bertz CT molecular complexity index is 304. The molecule has 1 heterocycles. The summed E-state index contributed by atoms with van der Waals surface area (Å²) >= 11 is 0. The van der Waals surface area contributed by atoms with Gasteiger partial charge >= 0.3 is 5.97 Å². The monoisotopic (exact) mass is 230 g/mol. The summed E-state index contributed by atoms with van der Waals surface area (Å²) in [5.41, 5.74) is 0. The first-order valence-corrected chi connectivity index (χ1v) is 4.87. The van der Waals surface area contributed by atoms with Crippen LogP contribution in [0.1, 0.15) is 12.8 Å². The predicted octanol–water partition coefficient (Wildman–Crippen LogP) is -1.52. The number of methoxy groups -OCH3 is 1. The Hall–Kier alpha value is -1.63. The van der Waals surface area contributed by atoms with Crippen molar-refractivity contribution < 1.29 is 24.2 Å². The SMILES string of the molecule is COC(CNC(=O)[C@H]1CCC(=O)N1)C(=O)O. The third kappa shape index (κ3) is 3.20. The highest BCUT2D eigenvalue weighted by atomic mass is 16.5. The molecule has 0 bridgehead atoms. The maximum Gasteiger partial charge on any atom is 0.334 e. The lowest BCUT2D eigenvalue weighted by Crippen LogP contribution is -2.45. The standard InChI is InChI=1S/C9H14N2O5/c1-16-6(9(14)15)4-10-8(13)5-2-3-7(12)11-5/h5-6H,2-4H2,1H3,(H,10,13)(H,11,12)(H,14,15)/t5-,6?/m1/s1. The van der Waals surface area contributed by atoms with Crippen LogP contribution in [-0.4, -0.2) is 48.7 Å². The number of carboxylic acids is 1. The van der Waals surface area contributed by atoms with Crippen molar-refractivity contribution in [2.75, 3.05) is 13.7 Å². The molecule has 7 heteroatoms. The van der Waals surface area contributed by atoms with Crippen LogP contribution in [-0.2, 0) is 19.1 Å². The van der Waals surface area contributed by atoms with Crippen molar-refractivity contribution in [3.05, 3.63) is 0 Å². The van der Waals surface area contributed by atoms with Crippen molar-refractivity contribution in [3.63, 3.8) is 0 Å². The van der Waals surface area contributed by atoms with Crippen LogP contribution in [0.5, 0.6) is 0 Å². The topological polar surface area (TPSA) is 105 Å². The Balaban J connectivity index is 2.34. The van der Waals surface area contributed by atoms with E-state index in [0.29, 0.717) is 12.8 Å². The molecule has 0 aromatic rings. The minimum Gasteiger partial charge on any atom is -0.479 e. The lowest BCUT2D eigenvalue weighted by atomic mass is 10.2. The molecule has 3 N–H and O–H groups in total. The number of hydrogen-bond acceptors (Lipinski definition) is 4. The zero-order valence-electron chi connectivity index (χ0n) is 8.86. The number of amides is 2. The lowest BCUT2D eigenvalue weighted by molar-refractivity contribution is -0.148. The fraction of sp³-hybridized carbons (Fsp3) is 0.667. The number of aliphatic carboxylic acids is 1. The zero-order valence-corrected chi connectivity index (χ0v) is 8.86. The molecule has 0 saturated carbocycles. The Morgan fingerprint density at radius 1 is 1.69 bits per heavy atom. The van der Waals surface area contributed by atoms with Gasteiger partial charge in [0.25, 0.3) is 0 Å². The van der Waals surface area contributed by atoms with Gasteiger partial charge in [0, 0.05) is 13.5 Å². The van der Waals surface area contributed by atoms with Crippen LogP contribution in [0.3, 0.4) is 0 Å². The van der Waals surface area contributed by atoms with Crippen LogP contribution in [0.25, 0.3) is 0 Å². The number of nitrogens with one attached hydrogen (secondary N) is 2. The molecule has 1 aliphatic heterocycles. The van der Waals surface area contributed by atoms with Gasteiger partial charge in [0.15, 0.2) is 6.10 Å². The van der Waals surface area contributed by atoms with Gasteiger partial charge in [0.2, 0.25) is 11.8 Å². The van der Waals surface area contributed by atoms with E-state index in [1.165, 1.54) is 7.11 Å². The van der Waals surface area contributed by atoms with Crippen LogP contribution in [0.4, 0.5) is 0 Å². The van der Waals surface area contributed by atoms with Gasteiger partial charge in [-0.25, -0.2) is 4.79 Å². The number of carbonyl (C=O) groups excluding carboxylic acids is 2. The largest absolute Gasteiger partial charge is 0.479 e. The second-order valence-corrected chi connectivity index (χ2v) is 3.47. The summed E-state index contributed by atoms with van der Waals surface area (Å²) in [6.45, 7) is -0.114. The van der Waals surface area contributed by atoms with E-state index in [4.69, 9.17) is 5.11 Å². The number of ether oxygens (including phenoxy) is 1. The number of carboxylic acid groups (broad SMARTS) is 1. The molecule has 2 amide bonds. The molecule has 1 fully saturated rings. The van der Waals surface area contributed by atoms with Gasteiger partial charge < -0.3 is 20.5 Å². The maximum atomic E-state index is 11.5. The smallest absolute Gasteiger partial charge is 0.334 e. The van der Waals surface area contributed by atoms with Gasteiger partial charge in [-0.2, -0.15) is 0 Å². The first-order chi connectivity index (χ1) is 7.54. The molecular formula is C9H14N2O5. The van der Waals surface area contributed by atoms with E-state index in [1.54, 1.807) is 0 Å². The minimum atomic E-state index is -1.14. The number of hydrogen-bond donors (Lipinski definition) is 3. The van der Waals surface area contributed by atoms with Crippen LogP contribution < -0.4 is 10.6 Å². The van der Waals surface area contributed by atoms with Gasteiger partial charge in [-0.3, -0.25) is 9.59 Å². The van der Waals surface area contributed by atoms with E-state index in [-0.39, 0.29) is 18.4 Å². The first kappa shape index (κ1) is 12.4. The second-order valence-electron chi connectivity index (χ2n) is 3.47. The summed E-state index contributed by atoms with van der Waals surface area (Å²) in [5.74, 6) is -1.69. The summed E-state index contributed by atoms with van der Waals surface area (Å²) in [6.07, 6.45) is -0.304. The molecule has 1 aliphatic rings.